The molecule has 3 atom stereocenters. The Kier molecular flexibility index (Phi) is 3.73. The maximum absolute atomic E-state index is 13.4. The van der Waals surface area contributed by atoms with Gasteiger partial charge in [-0.25, -0.2) is 9.18 Å². The van der Waals surface area contributed by atoms with Gasteiger partial charge in [-0.3, -0.25) is 4.79 Å². The monoisotopic (exact) mass is 355 g/mol. The molecule has 0 bridgehead atoms. The minimum absolute atomic E-state index is 0.0267. The molecule has 2 fully saturated rings. The molecule has 21 heavy (non-hydrogen) atoms. The molecule has 1 amide bonds. The number of halogens is 2. The van der Waals surface area contributed by atoms with E-state index in [0.29, 0.717) is 11.0 Å². The highest BCUT2D eigenvalue weighted by molar-refractivity contribution is 9.10. The zero-order chi connectivity index (χ0) is 15.1. The van der Waals surface area contributed by atoms with Crippen LogP contribution in [0.25, 0.3) is 0 Å². The highest BCUT2D eigenvalue weighted by atomic mass is 79.9. The molecule has 3 rings (SSSR count). The fourth-order valence-electron chi connectivity index (χ4n) is 3.65. The van der Waals surface area contributed by atoms with Gasteiger partial charge in [0.05, 0.1) is 5.56 Å². The molecule has 6 heteroatoms. The van der Waals surface area contributed by atoms with Crippen LogP contribution in [-0.2, 0) is 4.79 Å². The molecule has 4 nitrogen and oxygen atoms in total. The highest BCUT2D eigenvalue weighted by Gasteiger charge is 2.49. The molecule has 1 saturated heterocycles. The summed E-state index contributed by atoms with van der Waals surface area (Å²) >= 11 is 3.23. The first kappa shape index (κ1) is 14.5. The molecular weight excluding hydrogens is 341 g/mol. The molecule has 1 saturated carbocycles. The Bertz CT molecular complexity index is 607. The molecule has 1 heterocycles. The van der Waals surface area contributed by atoms with Crippen LogP contribution in [0.4, 0.5) is 4.39 Å². The Hall–Kier alpha value is -1.43. The molecule has 112 valence electrons. The molecule has 1 N–H and O–H groups in total. The van der Waals surface area contributed by atoms with Crippen molar-refractivity contribution in [3.8, 4) is 0 Å². The van der Waals surface area contributed by atoms with Gasteiger partial charge in [0.15, 0.2) is 0 Å². The van der Waals surface area contributed by atoms with Gasteiger partial charge in [0.2, 0.25) is 0 Å². The Morgan fingerprint density at radius 2 is 2.10 bits per heavy atom. The standard InChI is InChI=1S/C15H15BrFNO3/c16-12-5-4-9(17)6-11(12)14(19)18-7-8-2-1-3-10(8)13(18)15(20)21/h4-6,8,10,13H,1-3,7H2,(H,20,21). The van der Waals surface area contributed by atoms with Crippen LogP contribution in [0.15, 0.2) is 22.7 Å². The summed E-state index contributed by atoms with van der Waals surface area (Å²) in [5, 5.41) is 9.47. The molecular formula is C15H15BrFNO3. The van der Waals surface area contributed by atoms with Crippen molar-refractivity contribution in [1.29, 1.82) is 0 Å². The van der Waals surface area contributed by atoms with Crippen molar-refractivity contribution in [1.82, 2.24) is 4.90 Å². The van der Waals surface area contributed by atoms with Crippen molar-refractivity contribution >= 4 is 27.8 Å². The third kappa shape index (κ3) is 2.46. The fraction of sp³-hybridized carbons (Fsp3) is 0.467. The predicted octanol–water partition coefficient (Wildman–Crippen LogP) is 2.91. The number of nitrogens with zero attached hydrogens (tertiary/aromatic N) is 1. The van der Waals surface area contributed by atoms with Crippen molar-refractivity contribution in [3.63, 3.8) is 0 Å². The maximum atomic E-state index is 13.4. The third-order valence-electron chi connectivity index (χ3n) is 4.56. The Morgan fingerprint density at radius 3 is 2.81 bits per heavy atom. The lowest BCUT2D eigenvalue weighted by atomic mass is 9.94. The molecule has 1 aliphatic carbocycles. The minimum Gasteiger partial charge on any atom is -0.480 e. The van der Waals surface area contributed by atoms with E-state index in [1.165, 1.54) is 17.0 Å². The van der Waals surface area contributed by atoms with E-state index in [0.717, 1.165) is 25.3 Å². The van der Waals surface area contributed by atoms with Gasteiger partial charge in [-0.05, 0) is 58.8 Å². The molecule has 3 unspecified atom stereocenters. The number of amides is 1. The fourth-order valence-corrected chi connectivity index (χ4v) is 4.06. The number of carboxylic acid groups (broad SMARTS) is 1. The molecule has 0 aromatic heterocycles. The van der Waals surface area contributed by atoms with Crippen molar-refractivity contribution in [2.45, 2.75) is 25.3 Å². The lowest BCUT2D eigenvalue weighted by Crippen LogP contribution is -2.43. The lowest BCUT2D eigenvalue weighted by molar-refractivity contribution is -0.142. The smallest absolute Gasteiger partial charge is 0.326 e. The number of likely N-dealkylation sites (tertiary alicyclic amines) is 1. The Morgan fingerprint density at radius 1 is 1.33 bits per heavy atom. The Labute approximate surface area is 130 Å². The second-order valence-electron chi connectivity index (χ2n) is 5.72. The normalized spacial score (nSPS) is 27.7. The van der Waals surface area contributed by atoms with E-state index < -0.39 is 23.7 Å². The SMILES string of the molecule is O=C(O)C1C2CCCC2CN1C(=O)c1cc(F)ccc1Br. The van der Waals surface area contributed by atoms with Crippen LogP contribution in [-0.4, -0.2) is 34.5 Å². The van der Waals surface area contributed by atoms with Gasteiger partial charge in [-0.2, -0.15) is 0 Å². The Balaban J connectivity index is 1.93. The van der Waals surface area contributed by atoms with E-state index in [1.54, 1.807) is 0 Å². The number of fused-ring (bicyclic) bond motifs is 1. The molecule has 1 aromatic carbocycles. The number of carbonyl (C=O) groups is 2. The summed E-state index contributed by atoms with van der Waals surface area (Å²) in [6, 6.07) is 3.09. The maximum Gasteiger partial charge on any atom is 0.326 e. The van der Waals surface area contributed by atoms with Crippen LogP contribution in [0.1, 0.15) is 29.6 Å². The first-order valence-electron chi connectivity index (χ1n) is 6.98. The van der Waals surface area contributed by atoms with E-state index in [2.05, 4.69) is 15.9 Å². The number of aliphatic carboxylic acids is 1. The zero-order valence-electron chi connectivity index (χ0n) is 11.3. The van der Waals surface area contributed by atoms with Crippen molar-refractivity contribution in [2.24, 2.45) is 11.8 Å². The van der Waals surface area contributed by atoms with E-state index in [1.807, 2.05) is 0 Å². The van der Waals surface area contributed by atoms with E-state index in [4.69, 9.17) is 0 Å². The summed E-state index contributed by atoms with van der Waals surface area (Å²) in [4.78, 5) is 25.6. The number of carboxylic acids is 1. The van der Waals surface area contributed by atoms with Gasteiger partial charge in [-0.1, -0.05) is 6.42 Å². The van der Waals surface area contributed by atoms with Crippen LogP contribution in [0.3, 0.4) is 0 Å². The van der Waals surface area contributed by atoms with E-state index in [-0.39, 0.29) is 17.4 Å². The van der Waals surface area contributed by atoms with Crippen molar-refractivity contribution < 1.29 is 19.1 Å². The summed E-state index contributed by atoms with van der Waals surface area (Å²) < 4.78 is 13.9. The molecule has 0 radical (unpaired) electrons. The van der Waals surface area contributed by atoms with Gasteiger partial charge in [-0.15, -0.1) is 0 Å². The highest BCUT2D eigenvalue weighted by Crippen LogP contribution is 2.43. The number of rotatable bonds is 2. The van der Waals surface area contributed by atoms with Gasteiger partial charge in [0.25, 0.3) is 5.91 Å². The zero-order valence-corrected chi connectivity index (χ0v) is 12.8. The van der Waals surface area contributed by atoms with E-state index in [9.17, 15) is 19.1 Å². The minimum atomic E-state index is -0.967. The quantitative estimate of drug-likeness (QED) is 0.887. The second kappa shape index (κ2) is 5.40. The summed E-state index contributed by atoms with van der Waals surface area (Å²) in [5.74, 6) is -1.61. The lowest BCUT2D eigenvalue weighted by Gasteiger charge is -2.24. The molecule has 1 aromatic rings. The van der Waals surface area contributed by atoms with E-state index >= 15 is 0 Å². The summed E-state index contributed by atoms with van der Waals surface area (Å²) in [5.41, 5.74) is 0.182. The van der Waals surface area contributed by atoms with Crippen LogP contribution in [0, 0.1) is 17.7 Å². The first-order valence-corrected chi connectivity index (χ1v) is 7.77. The molecule has 2 aliphatic rings. The van der Waals surface area contributed by atoms with Crippen LogP contribution in [0.5, 0.6) is 0 Å². The summed E-state index contributed by atoms with van der Waals surface area (Å²) in [6.45, 7) is 0.448. The summed E-state index contributed by atoms with van der Waals surface area (Å²) in [7, 11) is 0. The van der Waals surface area contributed by atoms with Crippen LogP contribution < -0.4 is 0 Å². The largest absolute Gasteiger partial charge is 0.480 e. The topological polar surface area (TPSA) is 57.6 Å². The number of hydrogen-bond donors (Lipinski definition) is 1. The van der Waals surface area contributed by atoms with Gasteiger partial charge >= 0.3 is 5.97 Å². The van der Waals surface area contributed by atoms with Crippen LogP contribution in [0.2, 0.25) is 0 Å². The van der Waals surface area contributed by atoms with Gasteiger partial charge < -0.3 is 10.0 Å². The third-order valence-corrected chi connectivity index (χ3v) is 5.25. The average Bonchev–Trinajstić information content (AvgIpc) is 3.00. The molecule has 0 spiro atoms. The van der Waals surface area contributed by atoms with Crippen molar-refractivity contribution in [2.75, 3.05) is 6.54 Å². The number of benzene rings is 1. The number of carbonyl (C=O) groups excluding carboxylic acids is 1. The molecule has 1 aliphatic heterocycles. The first-order chi connectivity index (χ1) is 9.99. The summed E-state index contributed by atoms with van der Waals surface area (Å²) in [6.07, 6.45) is 2.82. The number of hydrogen-bond acceptors (Lipinski definition) is 2. The predicted molar refractivity (Wildman–Crippen MR) is 77.4 cm³/mol. The second-order valence-corrected chi connectivity index (χ2v) is 6.57. The average molecular weight is 356 g/mol. The van der Waals surface area contributed by atoms with Crippen molar-refractivity contribution in [3.05, 3.63) is 34.1 Å². The van der Waals surface area contributed by atoms with Crippen LogP contribution >= 0.6 is 15.9 Å². The van der Waals surface area contributed by atoms with Gasteiger partial charge in [0, 0.05) is 11.0 Å². The van der Waals surface area contributed by atoms with Gasteiger partial charge in [0.1, 0.15) is 11.9 Å².